The van der Waals surface area contributed by atoms with Crippen LogP contribution < -0.4 is 5.32 Å². The number of rotatable bonds is 6. The molecule has 0 aromatic carbocycles. The molecule has 5 aliphatic carbocycles. The normalized spacial score (nSPS) is 45.4. The van der Waals surface area contributed by atoms with Gasteiger partial charge in [0.05, 0.1) is 5.41 Å². The number of ether oxygens (including phenoxy) is 1. The van der Waals surface area contributed by atoms with Crippen molar-refractivity contribution in [3.05, 3.63) is 12.2 Å². The maximum absolute atomic E-state index is 14.8. The highest BCUT2D eigenvalue weighted by molar-refractivity contribution is 5.84. The average molecular weight is 637 g/mol. The second-order valence-electron chi connectivity index (χ2n) is 19.5. The Morgan fingerprint density at radius 2 is 1.52 bits per heavy atom. The fraction of sp³-hybridized carbons (Fsp3) is 0.902. The number of hydrogen-bond donors (Lipinski definition) is 1. The summed E-state index contributed by atoms with van der Waals surface area (Å²) < 4.78 is 5.97. The predicted molar refractivity (Wildman–Crippen MR) is 187 cm³/mol. The Balaban J connectivity index is 1.29. The molecule has 5 saturated carbocycles. The molecule has 6 rings (SSSR count). The van der Waals surface area contributed by atoms with E-state index >= 15 is 0 Å². The maximum Gasteiger partial charge on any atom is 0.302 e. The van der Waals surface area contributed by atoms with Crippen molar-refractivity contribution >= 4 is 11.9 Å². The molecule has 6 fully saturated rings. The van der Waals surface area contributed by atoms with Gasteiger partial charge in [-0.15, -0.1) is 0 Å². The molecule has 10 atom stereocenters. The lowest BCUT2D eigenvalue weighted by Gasteiger charge is -2.73. The Labute approximate surface area is 281 Å². The van der Waals surface area contributed by atoms with E-state index in [1.165, 1.54) is 50.5 Å². The van der Waals surface area contributed by atoms with E-state index in [-0.39, 0.29) is 44.7 Å². The molecule has 5 nitrogen and oxygen atoms in total. The first kappa shape index (κ1) is 34.5. The molecule has 0 radical (unpaired) electrons. The van der Waals surface area contributed by atoms with Crippen molar-refractivity contribution in [1.29, 1.82) is 0 Å². The van der Waals surface area contributed by atoms with E-state index in [0.29, 0.717) is 35.5 Å². The maximum atomic E-state index is 14.8. The van der Waals surface area contributed by atoms with Gasteiger partial charge in [0.15, 0.2) is 0 Å². The fourth-order valence-electron chi connectivity index (χ4n) is 14.1. The number of nitrogens with zero attached hydrogens (tertiary/aromatic N) is 1. The summed E-state index contributed by atoms with van der Waals surface area (Å²) in [7, 11) is 0. The van der Waals surface area contributed by atoms with Gasteiger partial charge >= 0.3 is 5.97 Å². The van der Waals surface area contributed by atoms with Crippen LogP contribution in [0.1, 0.15) is 146 Å². The van der Waals surface area contributed by atoms with Crippen LogP contribution in [0.5, 0.6) is 0 Å². The predicted octanol–water partition coefficient (Wildman–Crippen LogP) is 8.96. The molecule has 46 heavy (non-hydrogen) atoms. The number of nitrogens with one attached hydrogen (secondary N) is 1. The van der Waals surface area contributed by atoms with E-state index in [2.05, 4.69) is 72.2 Å². The van der Waals surface area contributed by atoms with Gasteiger partial charge in [-0.05, 0) is 157 Å². The molecule has 0 spiro atoms. The summed E-state index contributed by atoms with van der Waals surface area (Å²) in [5.74, 6) is 2.80. The second-order valence-corrected chi connectivity index (χ2v) is 19.5. The van der Waals surface area contributed by atoms with Crippen molar-refractivity contribution in [2.75, 3.05) is 19.6 Å². The number of allylic oxidation sites excluding steroid dienone is 1. The lowest BCUT2D eigenvalue weighted by molar-refractivity contribution is -0.249. The van der Waals surface area contributed by atoms with Crippen molar-refractivity contribution < 1.29 is 14.3 Å². The second kappa shape index (κ2) is 11.6. The molecule has 5 heteroatoms. The SMILES string of the molecule is C=C(C)[C@@H]1CC[C@]2(C(=O)NC(C)(C)CN3CCCCC3)CC[C@]3(C)[C@H](CC[C@@H]4[C@@]5(C)CC[C@H](OC(C)=O)C(C)(C)[C@@H]5CC[C@]43C)[C@@H]12. The van der Waals surface area contributed by atoms with Gasteiger partial charge < -0.3 is 15.0 Å². The number of hydrogen-bond acceptors (Lipinski definition) is 4. The minimum absolute atomic E-state index is 0.0159. The first-order valence-corrected chi connectivity index (χ1v) is 19.3. The summed E-state index contributed by atoms with van der Waals surface area (Å²) in [5, 5.41) is 3.69. The Morgan fingerprint density at radius 1 is 0.826 bits per heavy atom. The van der Waals surface area contributed by atoms with Crippen LogP contribution in [0.2, 0.25) is 0 Å². The number of carbonyl (C=O) groups is 2. The summed E-state index contributed by atoms with van der Waals surface area (Å²) in [6.07, 6.45) is 15.3. The third-order valence-corrected chi connectivity index (χ3v) is 16.3. The molecular weight excluding hydrogens is 568 g/mol. The van der Waals surface area contributed by atoms with Gasteiger partial charge in [-0.2, -0.15) is 0 Å². The van der Waals surface area contributed by atoms with E-state index in [0.717, 1.165) is 58.2 Å². The fourth-order valence-corrected chi connectivity index (χ4v) is 14.1. The Hall–Kier alpha value is -1.36. The Bertz CT molecular complexity index is 1220. The topological polar surface area (TPSA) is 58.6 Å². The Kier molecular flexibility index (Phi) is 8.71. The zero-order chi connectivity index (χ0) is 33.5. The number of piperidine rings is 1. The van der Waals surface area contributed by atoms with Gasteiger partial charge in [0, 0.05) is 24.4 Å². The molecule has 6 aliphatic rings. The summed E-state index contributed by atoms with van der Waals surface area (Å²) in [6.45, 7) is 28.9. The molecule has 1 N–H and O–H groups in total. The molecule has 0 aromatic heterocycles. The van der Waals surface area contributed by atoms with E-state index in [9.17, 15) is 9.59 Å². The van der Waals surface area contributed by atoms with Gasteiger partial charge in [-0.1, -0.05) is 53.2 Å². The molecule has 1 amide bonds. The highest BCUT2D eigenvalue weighted by atomic mass is 16.5. The zero-order valence-electron chi connectivity index (χ0n) is 31.2. The van der Waals surface area contributed by atoms with E-state index in [4.69, 9.17) is 4.74 Å². The van der Waals surface area contributed by atoms with Gasteiger partial charge in [-0.3, -0.25) is 9.59 Å². The molecule has 0 aromatic rings. The van der Waals surface area contributed by atoms with Gasteiger partial charge in [0.2, 0.25) is 5.91 Å². The first-order chi connectivity index (χ1) is 21.4. The van der Waals surface area contributed by atoms with E-state index in [1.54, 1.807) is 6.92 Å². The van der Waals surface area contributed by atoms with Crippen LogP contribution in [0.25, 0.3) is 0 Å². The molecule has 0 unspecified atom stereocenters. The summed E-state index contributed by atoms with van der Waals surface area (Å²) in [5.41, 5.74) is 1.46. The quantitative estimate of drug-likeness (QED) is 0.234. The number of likely N-dealkylation sites (tertiary alicyclic amines) is 1. The summed E-state index contributed by atoms with van der Waals surface area (Å²) in [4.78, 5) is 29.4. The smallest absolute Gasteiger partial charge is 0.302 e. The van der Waals surface area contributed by atoms with E-state index in [1.807, 2.05) is 0 Å². The lowest BCUT2D eigenvalue weighted by Crippen LogP contribution is -2.68. The minimum atomic E-state index is -0.276. The first-order valence-electron chi connectivity index (χ1n) is 19.3. The number of carbonyl (C=O) groups excluding carboxylic acids is 2. The number of esters is 1. The van der Waals surface area contributed by atoms with Crippen LogP contribution in [0.15, 0.2) is 12.2 Å². The molecule has 1 saturated heterocycles. The number of amides is 1. The minimum Gasteiger partial charge on any atom is -0.462 e. The summed E-state index contributed by atoms with van der Waals surface area (Å²) >= 11 is 0. The van der Waals surface area contributed by atoms with Crippen LogP contribution in [0.4, 0.5) is 0 Å². The third kappa shape index (κ3) is 5.17. The number of fused-ring (bicyclic) bond motifs is 7. The van der Waals surface area contributed by atoms with Crippen molar-refractivity contribution in [1.82, 2.24) is 10.2 Å². The molecule has 1 heterocycles. The van der Waals surface area contributed by atoms with Crippen molar-refractivity contribution in [3.8, 4) is 0 Å². The molecule has 260 valence electrons. The van der Waals surface area contributed by atoms with Crippen molar-refractivity contribution in [3.63, 3.8) is 0 Å². The van der Waals surface area contributed by atoms with Crippen LogP contribution in [0, 0.1) is 56.7 Å². The lowest BCUT2D eigenvalue weighted by atomic mass is 9.32. The average Bonchev–Trinajstić information content (AvgIpc) is 3.36. The highest BCUT2D eigenvalue weighted by Crippen LogP contribution is 2.77. The zero-order valence-corrected chi connectivity index (χ0v) is 31.2. The van der Waals surface area contributed by atoms with Crippen LogP contribution in [-0.2, 0) is 14.3 Å². The van der Waals surface area contributed by atoms with Gasteiger partial charge in [0.25, 0.3) is 0 Å². The standard InChI is InChI=1S/C41H68N2O3/c1-27(2)29-16-21-41(35(45)42-36(4,5)26-43-24-12-11-13-25-43)23-22-39(9)30(34(29)41)14-15-32-38(8)19-18-33(46-28(3)44)37(6,7)31(38)17-20-40(32,39)10/h29-34H,1,11-26H2,2-10H3,(H,42,45)/t29-,30+,31-,32+,33-,34+,38-,39+,40+,41-/m0/s1. The summed E-state index contributed by atoms with van der Waals surface area (Å²) in [6, 6.07) is 0. The van der Waals surface area contributed by atoms with Gasteiger partial charge in [0.1, 0.15) is 6.10 Å². The van der Waals surface area contributed by atoms with Crippen molar-refractivity contribution in [2.45, 2.75) is 157 Å². The van der Waals surface area contributed by atoms with E-state index < -0.39 is 0 Å². The molecular formula is C41H68N2O3. The van der Waals surface area contributed by atoms with Gasteiger partial charge in [-0.25, -0.2) is 0 Å². The monoisotopic (exact) mass is 637 g/mol. The van der Waals surface area contributed by atoms with Crippen molar-refractivity contribution in [2.24, 2.45) is 56.7 Å². The van der Waals surface area contributed by atoms with Crippen LogP contribution in [0.3, 0.4) is 0 Å². The highest BCUT2D eigenvalue weighted by Gasteiger charge is 2.72. The largest absolute Gasteiger partial charge is 0.462 e. The van der Waals surface area contributed by atoms with Crippen LogP contribution >= 0.6 is 0 Å². The molecule has 1 aliphatic heterocycles. The third-order valence-electron chi connectivity index (χ3n) is 16.3. The van der Waals surface area contributed by atoms with Crippen LogP contribution in [-0.4, -0.2) is 48.1 Å². The Morgan fingerprint density at radius 3 is 2.17 bits per heavy atom. The molecule has 0 bridgehead atoms.